The van der Waals surface area contributed by atoms with Crippen molar-refractivity contribution in [2.75, 3.05) is 5.32 Å². The minimum absolute atomic E-state index is 0.145. The summed E-state index contributed by atoms with van der Waals surface area (Å²) in [6.07, 6.45) is 5.91. The summed E-state index contributed by atoms with van der Waals surface area (Å²) in [7, 11) is 0. The molecular formula is C20H26N4O2S. The lowest BCUT2D eigenvalue weighted by atomic mass is 9.87. The number of rotatable bonds is 5. The van der Waals surface area contributed by atoms with Gasteiger partial charge in [0, 0.05) is 18.2 Å². The largest absolute Gasteiger partial charge is 0.348 e. The van der Waals surface area contributed by atoms with Crippen LogP contribution in [-0.2, 0) is 4.79 Å². The number of aromatic nitrogens is 2. The average molecular weight is 387 g/mol. The maximum Gasteiger partial charge on any atom is 0.265 e. The van der Waals surface area contributed by atoms with Crippen LogP contribution >= 0.6 is 11.5 Å². The minimum Gasteiger partial charge on any atom is -0.348 e. The summed E-state index contributed by atoms with van der Waals surface area (Å²) in [4.78, 5) is 30.0. The monoisotopic (exact) mass is 386 g/mol. The second-order valence-electron chi connectivity index (χ2n) is 7.52. The third kappa shape index (κ3) is 4.71. The maximum atomic E-state index is 12.9. The van der Waals surface area contributed by atoms with Crippen molar-refractivity contribution in [3.05, 3.63) is 29.3 Å². The van der Waals surface area contributed by atoms with Crippen LogP contribution in [-0.4, -0.2) is 27.2 Å². The van der Waals surface area contributed by atoms with Crippen molar-refractivity contribution in [2.24, 2.45) is 11.8 Å². The summed E-state index contributed by atoms with van der Waals surface area (Å²) in [5.41, 5.74) is 1.63. The zero-order valence-corrected chi connectivity index (χ0v) is 16.8. The minimum atomic E-state index is -0.197. The zero-order chi connectivity index (χ0) is 19.4. The van der Waals surface area contributed by atoms with Gasteiger partial charge >= 0.3 is 0 Å². The van der Waals surface area contributed by atoms with Crippen LogP contribution in [0.1, 0.15) is 56.1 Å². The molecule has 1 fully saturated rings. The highest BCUT2D eigenvalue weighted by Crippen LogP contribution is 2.33. The Kier molecular flexibility index (Phi) is 6.21. The van der Waals surface area contributed by atoms with Crippen LogP contribution in [0.4, 0.5) is 5.69 Å². The van der Waals surface area contributed by atoms with Gasteiger partial charge in [0.15, 0.2) is 0 Å². The number of nitrogens with zero attached hydrogens (tertiary/aromatic N) is 2. The van der Waals surface area contributed by atoms with E-state index in [1.54, 1.807) is 6.20 Å². The Morgan fingerprint density at radius 3 is 2.56 bits per heavy atom. The smallest absolute Gasteiger partial charge is 0.265 e. The van der Waals surface area contributed by atoms with Gasteiger partial charge in [0.1, 0.15) is 10.6 Å². The third-order valence-corrected chi connectivity index (χ3v) is 5.78. The molecule has 0 atom stereocenters. The molecule has 0 saturated heterocycles. The van der Waals surface area contributed by atoms with E-state index >= 15 is 0 Å². The van der Waals surface area contributed by atoms with Gasteiger partial charge in [-0.1, -0.05) is 26.8 Å². The Morgan fingerprint density at radius 2 is 1.93 bits per heavy atom. The van der Waals surface area contributed by atoms with Gasteiger partial charge in [-0.3, -0.25) is 14.6 Å². The van der Waals surface area contributed by atoms with Crippen molar-refractivity contribution in [2.45, 2.75) is 52.5 Å². The van der Waals surface area contributed by atoms with Gasteiger partial charge in [0.05, 0.1) is 11.4 Å². The summed E-state index contributed by atoms with van der Waals surface area (Å²) in [6, 6.07) is 5.69. The fourth-order valence-corrected chi connectivity index (χ4v) is 3.91. The van der Waals surface area contributed by atoms with Crippen LogP contribution in [0.25, 0.3) is 11.4 Å². The van der Waals surface area contributed by atoms with Crippen molar-refractivity contribution in [3.63, 3.8) is 0 Å². The second kappa shape index (κ2) is 8.61. The van der Waals surface area contributed by atoms with Crippen molar-refractivity contribution in [3.8, 4) is 11.4 Å². The van der Waals surface area contributed by atoms with Crippen LogP contribution in [0, 0.1) is 11.8 Å². The molecule has 0 aromatic carbocycles. The van der Waals surface area contributed by atoms with E-state index in [1.807, 2.05) is 32.0 Å². The molecule has 1 aliphatic carbocycles. The number of carbonyl (C=O) groups excluding carboxylic acids is 2. The third-order valence-electron chi connectivity index (χ3n) is 4.93. The van der Waals surface area contributed by atoms with Gasteiger partial charge < -0.3 is 10.6 Å². The summed E-state index contributed by atoms with van der Waals surface area (Å²) in [6.45, 7) is 5.89. The lowest BCUT2D eigenvalue weighted by Crippen LogP contribution is -2.37. The highest BCUT2D eigenvalue weighted by molar-refractivity contribution is 7.09. The molecule has 0 radical (unpaired) electrons. The first-order valence-corrected chi connectivity index (χ1v) is 10.3. The number of hydrogen-bond donors (Lipinski definition) is 2. The van der Waals surface area contributed by atoms with Gasteiger partial charge in [-0.2, -0.15) is 4.37 Å². The molecule has 6 nitrogen and oxygen atoms in total. The predicted molar refractivity (Wildman–Crippen MR) is 108 cm³/mol. The summed E-state index contributed by atoms with van der Waals surface area (Å²) in [5.74, 6) is 0.205. The molecule has 27 heavy (non-hydrogen) atoms. The Morgan fingerprint density at radius 1 is 1.19 bits per heavy atom. The van der Waals surface area contributed by atoms with Gasteiger partial charge in [-0.25, -0.2) is 0 Å². The predicted octanol–water partition coefficient (Wildman–Crippen LogP) is 4.11. The normalized spacial score (nSPS) is 19.7. The van der Waals surface area contributed by atoms with Crippen LogP contribution in [0.3, 0.4) is 0 Å². The van der Waals surface area contributed by atoms with E-state index in [1.165, 1.54) is 0 Å². The molecule has 2 N–H and O–H groups in total. The number of amides is 2. The highest BCUT2D eigenvalue weighted by atomic mass is 32.1. The van der Waals surface area contributed by atoms with E-state index in [0.717, 1.165) is 43.1 Å². The summed E-state index contributed by atoms with van der Waals surface area (Å²) < 4.78 is 4.43. The number of hydrogen-bond acceptors (Lipinski definition) is 5. The molecule has 0 aliphatic heterocycles. The molecule has 7 heteroatoms. The van der Waals surface area contributed by atoms with Crippen molar-refractivity contribution >= 4 is 29.0 Å². The zero-order valence-electron chi connectivity index (χ0n) is 16.0. The molecule has 1 saturated carbocycles. The lowest BCUT2D eigenvalue weighted by molar-refractivity contribution is -0.118. The first-order valence-electron chi connectivity index (χ1n) is 9.48. The fourth-order valence-electron chi connectivity index (χ4n) is 3.16. The van der Waals surface area contributed by atoms with E-state index in [4.69, 9.17) is 0 Å². The quantitative estimate of drug-likeness (QED) is 0.810. The first kappa shape index (κ1) is 19.5. The van der Waals surface area contributed by atoms with Gasteiger partial charge in [-0.05, 0) is 55.3 Å². The van der Waals surface area contributed by atoms with Crippen LogP contribution in [0.2, 0.25) is 0 Å². The molecule has 0 spiro atoms. The van der Waals surface area contributed by atoms with Crippen LogP contribution in [0.15, 0.2) is 24.4 Å². The van der Waals surface area contributed by atoms with Crippen LogP contribution in [0.5, 0.6) is 0 Å². The highest BCUT2D eigenvalue weighted by Gasteiger charge is 2.26. The molecular weight excluding hydrogens is 360 g/mol. The van der Waals surface area contributed by atoms with E-state index in [9.17, 15) is 9.59 Å². The molecule has 0 bridgehead atoms. The molecule has 0 unspecified atom stereocenters. The number of pyridine rings is 1. The van der Waals surface area contributed by atoms with E-state index in [-0.39, 0.29) is 23.8 Å². The molecule has 2 aromatic rings. The number of anilines is 1. The van der Waals surface area contributed by atoms with E-state index in [2.05, 4.69) is 26.9 Å². The Bertz CT molecular complexity index is 796. The van der Waals surface area contributed by atoms with Crippen LogP contribution < -0.4 is 10.6 Å². The molecule has 144 valence electrons. The second-order valence-corrected chi connectivity index (χ2v) is 8.30. The number of nitrogens with one attached hydrogen (secondary N) is 2. The van der Waals surface area contributed by atoms with Crippen molar-refractivity contribution < 1.29 is 9.59 Å². The summed E-state index contributed by atoms with van der Waals surface area (Å²) >= 11 is 1.11. The van der Waals surface area contributed by atoms with Crippen molar-refractivity contribution in [1.29, 1.82) is 0 Å². The first-order chi connectivity index (χ1) is 13.0. The Labute approximate surface area is 164 Å². The molecule has 3 rings (SSSR count). The fraction of sp³-hybridized carbons (Fsp3) is 0.500. The molecule has 2 aromatic heterocycles. The van der Waals surface area contributed by atoms with Gasteiger partial charge in [-0.15, -0.1) is 0 Å². The van der Waals surface area contributed by atoms with E-state index in [0.29, 0.717) is 22.0 Å². The van der Waals surface area contributed by atoms with E-state index < -0.39 is 0 Å². The SMILES string of the molecule is CC1CCC(NC(=O)c2snc(-c3ccccn3)c2NC(=O)C(C)C)CC1. The average Bonchev–Trinajstić information content (AvgIpc) is 3.08. The van der Waals surface area contributed by atoms with Gasteiger partial charge in [0.25, 0.3) is 5.91 Å². The Balaban J connectivity index is 1.86. The molecule has 2 amide bonds. The lowest BCUT2D eigenvalue weighted by Gasteiger charge is -2.26. The Hall–Kier alpha value is -2.28. The van der Waals surface area contributed by atoms with Gasteiger partial charge in [0.2, 0.25) is 5.91 Å². The maximum absolute atomic E-state index is 12.9. The van der Waals surface area contributed by atoms with Crippen molar-refractivity contribution in [1.82, 2.24) is 14.7 Å². The topological polar surface area (TPSA) is 84.0 Å². The molecule has 2 heterocycles. The number of carbonyl (C=O) groups is 2. The molecule has 1 aliphatic rings. The standard InChI is InChI=1S/C20H26N4O2S/c1-12(2)19(25)23-17-16(15-6-4-5-11-21-15)24-27-18(17)20(26)22-14-9-7-13(3)8-10-14/h4-6,11-14H,7-10H2,1-3H3,(H,22,26)(H,23,25). The summed E-state index contributed by atoms with van der Waals surface area (Å²) in [5, 5.41) is 6.01.